The third kappa shape index (κ3) is 6.35. The Balaban J connectivity index is 1.25. The number of phenolic OH excluding ortho intramolecular Hbond substituents is 1. The Morgan fingerprint density at radius 1 is 1.00 bits per heavy atom. The van der Waals surface area contributed by atoms with Crippen LogP contribution in [-0.2, 0) is 0 Å². The molecule has 5 aromatic rings. The van der Waals surface area contributed by atoms with Gasteiger partial charge in [0.1, 0.15) is 16.5 Å². The summed E-state index contributed by atoms with van der Waals surface area (Å²) in [5.41, 5.74) is 3.76. The van der Waals surface area contributed by atoms with Crippen LogP contribution >= 0.6 is 22.9 Å². The summed E-state index contributed by atoms with van der Waals surface area (Å²) >= 11 is 7.22. The number of para-hydroxylation sites is 1. The van der Waals surface area contributed by atoms with Gasteiger partial charge in [-0.2, -0.15) is 0 Å². The van der Waals surface area contributed by atoms with Gasteiger partial charge in [-0.1, -0.05) is 66.9 Å². The molecule has 0 fully saturated rings. The fraction of sp³-hybridized carbons (Fsp3) is 0.200. The zero-order valence-electron chi connectivity index (χ0n) is 21.1. The molecule has 9 heteroatoms. The quantitative estimate of drug-likeness (QED) is 0.116. The average molecular weight is 559 g/mol. The first-order valence-electron chi connectivity index (χ1n) is 12.7. The fourth-order valence-corrected chi connectivity index (χ4v) is 5.24. The Morgan fingerprint density at radius 3 is 2.67 bits per heavy atom. The number of aromatic hydroxyl groups is 1. The van der Waals surface area contributed by atoms with Crippen molar-refractivity contribution in [3.8, 4) is 17.0 Å². The van der Waals surface area contributed by atoms with E-state index in [0.717, 1.165) is 29.5 Å². The number of carbonyl (C=O) groups is 2. The van der Waals surface area contributed by atoms with Gasteiger partial charge in [-0.15, -0.1) is 11.3 Å². The van der Waals surface area contributed by atoms with Crippen molar-refractivity contribution in [2.75, 3.05) is 0 Å². The normalized spacial score (nSPS) is 11.9. The van der Waals surface area contributed by atoms with E-state index in [1.165, 1.54) is 16.7 Å². The van der Waals surface area contributed by atoms with Crippen molar-refractivity contribution in [2.45, 2.75) is 38.1 Å². The minimum atomic E-state index is -0.332. The van der Waals surface area contributed by atoms with Crippen molar-refractivity contribution in [3.63, 3.8) is 0 Å². The Hall–Kier alpha value is -4.01. The number of rotatable bonds is 11. The van der Waals surface area contributed by atoms with Crippen molar-refractivity contribution in [2.24, 2.45) is 0 Å². The second-order valence-corrected chi connectivity index (χ2v) is 10.6. The van der Waals surface area contributed by atoms with Gasteiger partial charge in [-0.05, 0) is 41.8 Å². The second-order valence-electron chi connectivity index (χ2n) is 9.29. The minimum Gasteiger partial charge on any atom is -0.506 e. The molecule has 0 aliphatic rings. The molecule has 0 bridgehead atoms. The zero-order valence-corrected chi connectivity index (χ0v) is 22.6. The molecule has 1 amide bonds. The first-order valence-corrected chi connectivity index (χ1v) is 14.0. The van der Waals surface area contributed by atoms with Crippen LogP contribution in [0.1, 0.15) is 64.0 Å². The van der Waals surface area contributed by atoms with E-state index in [1.54, 1.807) is 36.1 Å². The van der Waals surface area contributed by atoms with Crippen LogP contribution in [0.15, 0.2) is 78.6 Å². The number of thiazole rings is 1. The van der Waals surface area contributed by atoms with Gasteiger partial charge in [0.15, 0.2) is 5.78 Å². The lowest BCUT2D eigenvalue weighted by Crippen LogP contribution is -2.28. The number of hydrogen-bond acceptors (Lipinski definition) is 6. The molecule has 7 nitrogen and oxygen atoms in total. The predicted molar refractivity (Wildman–Crippen MR) is 154 cm³/mol. The molecule has 5 rings (SSSR count). The highest BCUT2D eigenvalue weighted by Crippen LogP contribution is 2.29. The number of fused-ring (bicyclic) bond motifs is 1. The molecule has 198 valence electrons. The van der Waals surface area contributed by atoms with Gasteiger partial charge in [0.25, 0.3) is 5.91 Å². The first-order chi connectivity index (χ1) is 19.0. The van der Waals surface area contributed by atoms with Gasteiger partial charge in [0, 0.05) is 12.0 Å². The number of amides is 1. The number of aromatic amines is 1. The predicted octanol–water partition coefficient (Wildman–Crippen LogP) is 7.35. The van der Waals surface area contributed by atoms with Crippen LogP contribution in [-0.4, -0.2) is 31.7 Å². The van der Waals surface area contributed by atoms with E-state index >= 15 is 0 Å². The van der Waals surface area contributed by atoms with Crippen molar-refractivity contribution < 1.29 is 14.7 Å². The number of imidazole rings is 1. The van der Waals surface area contributed by atoms with Gasteiger partial charge in [0.05, 0.1) is 40.2 Å². The van der Waals surface area contributed by atoms with Crippen LogP contribution in [0, 0.1) is 0 Å². The molecule has 0 saturated carbocycles. The van der Waals surface area contributed by atoms with Crippen molar-refractivity contribution in [3.05, 3.63) is 99.9 Å². The molecule has 1 atom stereocenters. The second kappa shape index (κ2) is 12.2. The third-order valence-corrected chi connectivity index (χ3v) is 7.71. The van der Waals surface area contributed by atoms with E-state index in [0.29, 0.717) is 30.0 Å². The molecule has 39 heavy (non-hydrogen) atoms. The first kappa shape index (κ1) is 26.6. The highest BCUT2D eigenvalue weighted by atomic mass is 35.5. The SMILES string of the molecule is O=C(N[C@@H](CCCCCC(=O)c1cccc(Cl)c1O)c1ncc(-c2ccc3ccccc3c2)[nH]1)c1cncs1. The summed E-state index contributed by atoms with van der Waals surface area (Å²) in [5, 5.41) is 15.6. The summed E-state index contributed by atoms with van der Waals surface area (Å²) < 4.78 is 0. The van der Waals surface area contributed by atoms with Crippen LogP contribution in [0.3, 0.4) is 0 Å². The van der Waals surface area contributed by atoms with Crippen molar-refractivity contribution >= 4 is 45.4 Å². The Labute approximate surface area is 234 Å². The van der Waals surface area contributed by atoms with Crippen LogP contribution in [0.25, 0.3) is 22.0 Å². The number of benzene rings is 3. The number of aromatic nitrogens is 3. The van der Waals surface area contributed by atoms with Crippen LogP contribution in [0.2, 0.25) is 5.02 Å². The van der Waals surface area contributed by atoms with Gasteiger partial charge >= 0.3 is 0 Å². The van der Waals surface area contributed by atoms with Crippen LogP contribution in [0.5, 0.6) is 5.75 Å². The van der Waals surface area contributed by atoms with Gasteiger partial charge in [-0.3, -0.25) is 14.6 Å². The summed E-state index contributed by atoms with van der Waals surface area (Å²) in [6, 6.07) is 18.9. The smallest absolute Gasteiger partial charge is 0.263 e. The number of ketones is 1. The number of halogens is 1. The monoisotopic (exact) mass is 558 g/mol. The molecule has 0 saturated heterocycles. The number of carbonyl (C=O) groups excluding carboxylic acids is 2. The lowest BCUT2D eigenvalue weighted by Gasteiger charge is -2.16. The fourth-order valence-electron chi connectivity index (χ4n) is 4.54. The Kier molecular flexibility index (Phi) is 8.34. The molecular formula is C30H27ClN4O3S. The highest BCUT2D eigenvalue weighted by molar-refractivity contribution is 7.11. The average Bonchev–Trinajstić information content (AvgIpc) is 3.66. The van der Waals surface area contributed by atoms with Crippen LogP contribution < -0.4 is 5.32 Å². The lowest BCUT2D eigenvalue weighted by molar-refractivity contribution is 0.0935. The number of H-pyrrole nitrogens is 1. The standard InChI is InChI=1S/C30H27ClN4O3S/c31-23-10-6-9-22(28(23)37)26(36)12-3-1-2-11-24(35-30(38)27-17-32-18-39-27)29-33-16-25(34-29)21-14-13-19-7-4-5-8-20(19)15-21/h4-10,13-18,24,37H,1-3,11-12H2,(H,33,34)(H,35,38)/t24-/m0/s1. The molecule has 3 N–H and O–H groups in total. The minimum absolute atomic E-state index is 0.142. The Bertz CT molecular complexity index is 1600. The van der Waals surface area contributed by atoms with Crippen molar-refractivity contribution in [1.29, 1.82) is 0 Å². The van der Waals surface area contributed by atoms with Gasteiger partial charge in [0.2, 0.25) is 0 Å². The van der Waals surface area contributed by atoms with E-state index < -0.39 is 0 Å². The molecule has 0 unspecified atom stereocenters. The molecule has 0 aliphatic carbocycles. The molecule has 0 radical (unpaired) electrons. The summed E-state index contributed by atoms with van der Waals surface area (Å²) in [5.74, 6) is 0.167. The molecule has 0 aliphatic heterocycles. The summed E-state index contributed by atoms with van der Waals surface area (Å²) in [7, 11) is 0. The van der Waals surface area contributed by atoms with Crippen molar-refractivity contribution in [1.82, 2.24) is 20.3 Å². The maximum Gasteiger partial charge on any atom is 0.263 e. The number of Topliss-reactive ketones (excluding diaryl/α,β-unsaturated/α-hetero) is 1. The molecular weight excluding hydrogens is 532 g/mol. The number of nitrogens with one attached hydrogen (secondary N) is 2. The molecule has 0 spiro atoms. The topological polar surface area (TPSA) is 108 Å². The third-order valence-electron chi connectivity index (χ3n) is 6.63. The van der Waals surface area contributed by atoms with E-state index in [1.807, 2.05) is 12.1 Å². The Morgan fingerprint density at radius 2 is 1.85 bits per heavy atom. The van der Waals surface area contributed by atoms with Crippen LogP contribution in [0.4, 0.5) is 0 Å². The number of hydrogen-bond donors (Lipinski definition) is 3. The number of phenols is 1. The largest absolute Gasteiger partial charge is 0.506 e. The van der Waals surface area contributed by atoms with Gasteiger partial charge < -0.3 is 15.4 Å². The zero-order chi connectivity index (χ0) is 27.2. The number of unbranched alkanes of at least 4 members (excludes halogenated alkanes) is 2. The molecule has 2 heterocycles. The van der Waals surface area contributed by atoms with E-state index in [4.69, 9.17) is 11.6 Å². The summed E-state index contributed by atoms with van der Waals surface area (Å²) in [6.45, 7) is 0. The summed E-state index contributed by atoms with van der Waals surface area (Å²) in [6.07, 6.45) is 6.50. The van der Waals surface area contributed by atoms with Gasteiger partial charge in [-0.25, -0.2) is 4.98 Å². The summed E-state index contributed by atoms with van der Waals surface area (Å²) in [4.78, 5) is 37.9. The van der Waals surface area contributed by atoms with E-state index in [9.17, 15) is 14.7 Å². The lowest BCUT2D eigenvalue weighted by atomic mass is 10.0. The molecule has 3 aromatic carbocycles. The number of nitrogens with zero attached hydrogens (tertiary/aromatic N) is 2. The maximum atomic E-state index is 12.8. The molecule has 2 aromatic heterocycles. The van der Waals surface area contributed by atoms with E-state index in [2.05, 4.69) is 50.6 Å². The highest BCUT2D eigenvalue weighted by Gasteiger charge is 2.20. The van der Waals surface area contributed by atoms with E-state index in [-0.39, 0.29) is 34.1 Å². The maximum absolute atomic E-state index is 12.8.